The highest BCUT2D eigenvalue weighted by atomic mass is 35.5. The van der Waals surface area contributed by atoms with Gasteiger partial charge in [0.05, 0.1) is 28.4 Å². The van der Waals surface area contributed by atoms with Crippen LogP contribution in [0.5, 0.6) is 5.75 Å². The first-order valence-corrected chi connectivity index (χ1v) is 12.4. The largest absolute Gasteiger partial charge is 0.494 e. The molecule has 3 N–H and O–H groups in total. The third-order valence-corrected chi connectivity index (χ3v) is 7.38. The van der Waals surface area contributed by atoms with Gasteiger partial charge in [-0.15, -0.1) is 0 Å². The van der Waals surface area contributed by atoms with E-state index in [1.807, 2.05) is 30.3 Å². The zero-order valence-electron chi connectivity index (χ0n) is 18.8. The number of carbonyl (C=O) groups excluding carboxylic acids is 1. The maximum absolute atomic E-state index is 11.3. The van der Waals surface area contributed by atoms with E-state index in [-0.39, 0.29) is 12.0 Å². The molecule has 4 rings (SSSR count). The van der Waals surface area contributed by atoms with Crippen LogP contribution in [0.4, 0.5) is 11.4 Å². The quantitative estimate of drug-likeness (QED) is 0.400. The van der Waals surface area contributed by atoms with Crippen LogP contribution in [-0.4, -0.2) is 63.1 Å². The van der Waals surface area contributed by atoms with E-state index in [9.17, 15) is 4.79 Å². The maximum atomic E-state index is 11.3. The van der Waals surface area contributed by atoms with Crippen molar-refractivity contribution in [1.82, 2.24) is 4.90 Å². The van der Waals surface area contributed by atoms with Gasteiger partial charge >= 0.3 is 0 Å². The van der Waals surface area contributed by atoms with Crippen molar-refractivity contribution in [3.8, 4) is 5.75 Å². The summed E-state index contributed by atoms with van der Waals surface area (Å²) in [5.41, 5.74) is 9.06. The van der Waals surface area contributed by atoms with Gasteiger partial charge in [-0.3, -0.25) is 4.90 Å². The molecule has 2 aliphatic heterocycles. The number of piperazine rings is 1. The van der Waals surface area contributed by atoms with Crippen molar-refractivity contribution in [2.45, 2.75) is 31.2 Å². The van der Waals surface area contributed by atoms with Crippen LogP contribution in [0.3, 0.4) is 0 Å². The first-order chi connectivity index (χ1) is 16.1. The summed E-state index contributed by atoms with van der Waals surface area (Å²) in [7, 11) is 0. The average molecular weight is 491 g/mol. The van der Waals surface area contributed by atoms with Gasteiger partial charge in [-0.05, 0) is 56.1 Å². The second-order valence-corrected chi connectivity index (χ2v) is 9.55. The molecule has 0 radical (unpaired) electrons. The molecule has 0 bridgehead atoms. The van der Waals surface area contributed by atoms with E-state index < -0.39 is 0 Å². The third-order valence-electron chi connectivity index (χ3n) is 6.57. The van der Waals surface area contributed by atoms with Crippen LogP contribution in [0.15, 0.2) is 36.4 Å². The highest BCUT2D eigenvalue weighted by Crippen LogP contribution is 2.36. The Labute approximate surface area is 206 Å². The number of hydrogen-bond donors (Lipinski definition) is 2. The van der Waals surface area contributed by atoms with Gasteiger partial charge in [-0.25, -0.2) is 0 Å². The number of fused-ring (bicyclic) bond motifs is 1. The molecule has 8 heteroatoms. The number of benzene rings is 2. The Bertz CT molecular complexity index is 950. The summed E-state index contributed by atoms with van der Waals surface area (Å²) in [6.07, 6.45) is 3.78. The van der Waals surface area contributed by atoms with Gasteiger partial charge in [0, 0.05) is 43.9 Å². The van der Waals surface area contributed by atoms with Crippen LogP contribution in [0.25, 0.3) is 0 Å². The Hall–Kier alpha value is -1.99. The van der Waals surface area contributed by atoms with Gasteiger partial charge in [-0.2, -0.15) is 0 Å². The van der Waals surface area contributed by atoms with Crippen LogP contribution in [0, 0.1) is 0 Å². The summed E-state index contributed by atoms with van der Waals surface area (Å²) in [5.74, 6) is 1.04. The van der Waals surface area contributed by atoms with Crippen molar-refractivity contribution in [2.24, 2.45) is 5.73 Å². The van der Waals surface area contributed by atoms with Crippen LogP contribution >= 0.6 is 23.2 Å². The lowest BCUT2D eigenvalue weighted by atomic mass is 9.87. The number of anilines is 2. The molecule has 0 saturated carbocycles. The lowest BCUT2D eigenvalue weighted by Gasteiger charge is -2.36. The molecule has 2 aromatic carbocycles. The monoisotopic (exact) mass is 490 g/mol. The highest BCUT2D eigenvalue weighted by molar-refractivity contribution is 6.43. The molecular formula is C25H32Cl2N4O2. The molecule has 0 amide bonds. The first-order valence-electron chi connectivity index (χ1n) is 11.7. The van der Waals surface area contributed by atoms with Gasteiger partial charge in [-0.1, -0.05) is 35.3 Å². The van der Waals surface area contributed by atoms with Crippen molar-refractivity contribution in [3.63, 3.8) is 0 Å². The molecular weight excluding hydrogens is 459 g/mol. The van der Waals surface area contributed by atoms with Crippen LogP contribution in [0.1, 0.15) is 30.7 Å². The predicted molar refractivity (Wildman–Crippen MR) is 136 cm³/mol. The average Bonchev–Trinajstić information content (AvgIpc) is 2.85. The number of nitrogens with zero attached hydrogens (tertiary/aromatic N) is 2. The zero-order chi connectivity index (χ0) is 23.2. The minimum atomic E-state index is -0.184. The van der Waals surface area contributed by atoms with Crippen molar-refractivity contribution in [2.75, 3.05) is 56.1 Å². The zero-order valence-corrected chi connectivity index (χ0v) is 20.3. The molecule has 33 heavy (non-hydrogen) atoms. The number of nitrogens with two attached hydrogens (primary N) is 1. The van der Waals surface area contributed by atoms with Gasteiger partial charge in [0.15, 0.2) is 0 Å². The molecule has 2 aliphatic rings. The molecule has 2 heterocycles. The molecule has 178 valence electrons. The molecule has 2 atom stereocenters. The van der Waals surface area contributed by atoms with E-state index in [1.165, 1.54) is 5.56 Å². The van der Waals surface area contributed by atoms with Crippen LogP contribution < -0.4 is 20.7 Å². The Kier molecular flexibility index (Phi) is 8.36. The fourth-order valence-corrected chi connectivity index (χ4v) is 5.10. The number of halogens is 2. The second kappa shape index (κ2) is 11.4. The summed E-state index contributed by atoms with van der Waals surface area (Å²) in [5, 5.41) is 4.53. The Balaban J connectivity index is 1.18. The second-order valence-electron chi connectivity index (χ2n) is 8.76. The Morgan fingerprint density at radius 1 is 1.12 bits per heavy atom. The SMILES string of the molecule is NCC1CC(C=O)Nc2cc(OCCCCN3CCN(c4cccc(Cl)c4Cl)CC3)ccc21. The predicted octanol–water partition coefficient (Wildman–Crippen LogP) is 4.40. The van der Waals surface area contributed by atoms with Crippen LogP contribution in [0.2, 0.25) is 10.0 Å². The molecule has 2 unspecified atom stereocenters. The summed E-state index contributed by atoms with van der Waals surface area (Å²) >= 11 is 12.5. The minimum Gasteiger partial charge on any atom is -0.494 e. The molecule has 1 saturated heterocycles. The van der Waals surface area contributed by atoms with Gasteiger partial charge in [0.2, 0.25) is 0 Å². The molecule has 0 spiro atoms. The topological polar surface area (TPSA) is 70.8 Å². The molecule has 2 aromatic rings. The van der Waals surface area contributed by atoms with E-state index in [1.54, 1.807) is 0 Å². The lowest BCUT2D eigenvalue weighted by molar-refractivity contribution is -0.108. The van der Waals surface area contributed by atoms with E-state index in [4.69, 9.17) is 33.7 Å². The molecule has 1 fully saturated rings. The molecule has 6 nitrogen and oxygen atoms in total. The minimum absolute atomic E-state index is 0.184. The van der Waals surface area contributed by atoms with Crippen molar-refractivity contribution in [1.29, 1.82) is 0 Å². The van der Waals surface area contributed by atoms with Crippen molar-refractivity contribution in [3.05, 3.63) is 52.0 Å². The van der Waals surface area contributed by atoms with Gasteiger partial charge in [0.25, 0.3) is 0 Å². The number of unbranched alkanes of at least 4 members (excludes halogenated alkanes) is 1. The fourth-order valence-electron chi connectivity index (χ4n) is 4.69. The number of aldehydes is 1. The summed E-state index contributed by atoms with van der Waals surface area (Å²) in [6.45, 7) is 6.20. The van der Waals surface area contributed by atoms with Gasteiger partial charge < -0.3 is 25.5 Å². The van der Waals surface area contributed by atoms with E-state index in [2.05, 4.69) is 21.2 Å². The van der Waals surface area contributed by atoms with Crippen molar-refractivity contribution < 1.29 is 9.53 Å². The summed E-state index contributed by atoms with van der Waals surface area (Å²) in [4.78, 5) is 16.1. The normalized spacial score (nSPS) is 20.8. The standard InChI is InChI=1S/C25H32Cl2N4O2/c26-22-4-3-5-24(25(22)27)31-11-9-30(10-12-31)8-1-2-13-33-20-6-7-21-18(16-28)14-19(17-32)29-23(21)15-20/h3-7,15,17-19,29H,1-2,8-14,16,28H2. The number of nitrogens with one attached hydrogen (secondary N) is 1. The molecule has 0 aliphatic carbocycles. The van der Waals surface area contributed by atoms with Crippen molar-refractivity contribution >= 4 is 40.9 Å². The number of carbonyl (C=O) groups is 1. The fraction of sp³-hybridized carbons (Fsp3) is 0.480. The van der Waals surface area contributed by atoms with E-state index in [0.717, 1.165) is 75.4 Å². The first kappa shape index (κ1) is 24.1. The van der Waals surface area contributed by atoms with E-state index in [0.29, 0.717) is 23.2 Å². The molecule has 0 aromatic heterocycles. The number of hydrogen-bond acceptors (Lipinski definition) is 6. The Morgan fingerprint density at radius 3 is 2.70 bits per heavy atom. The summed E-state index contributed by atoms with van der Waals surface area (Å²) < 4.78 is 5.99. The smallest absolute Gasteiger partial charge is 0.142 e. The lowest BCUT2D eigenvalue weighted by Crippen LogP contribution is -2.46. The van der Waals surface area contributed by atoms with Crippen LogP contribution in [-0.2, 0) is 4.79 Å². The number of rotatable bonds is 9. The Morgan fingerprint density at radius 2 is 1.94 bits per heavy atom. The maximum Gasteiger partial charge on any atom is 0.142 e. The number of ether oxygens (including phenoxy) is 1. The van der Waals surface area contributed by atoms with Gasteiger partial charge in [0.1, 0.15) is 12.0 Å². The summed E-state index contributed by atoms with van der Waals surface area (Å²) in [6, 6.07) is 11.7. The highest BCUT2D eigenvalue weighted by Gasteiger charge is 2.25. The third kappa shape index (κ3) is 5.93. The van der Waals surface area contributed by atoms with E-state index >= 15 is 0 Å².